The second kappa shape index (κ2) is 5.38. The van der Waals surface area contributed by atoms with Crippen LogP contribution in [0.25, 0.3) is 10.2 Å². The number of ether oxygens (including phenoxy) is 1. The lowest BCUT2D eigenvalue weighted by molar-refractivity contribution is 0.294. The third kappa shape index (κ3) is 2.62. The summed E-state index contributed by atoms with van der Waals surface area (Å²) in [5, 5.41) is 3.34. The quantitative estimate of drug-likeness (QED) is 0.666. The van der Waals surface area contributed by atoms with E-state index in [-0.39, 0.29) is 0 Å². The molecule has 0 N–H and O–H groups in total. The number of rotatable bonds is 3. The summed E-state index contributed by atoms with van der Waals surface area (Å²) in [6.45, 7) is 4.38. The Bertz CT molecular complexity index is 770. The second-order valence-corrected chi connectivity index (χ2v) is 5.88. The van der Waals surface area contributed by atoms with Gasteiger partial charge in [-0.2, -0.15) is 0 Å². The van der Waals surface area contributed by atoms with Gasteiger partial charge in [0.25, 0.3) is 0 Å². The van der Waals surface area contributed by atoms with Crippen LogP contribution in [0, 0.1) is 13.8 Å². The van der Waals surface area contributed by atoms with Crippen molar-refractivity contribution >= 4 is 33.2 Å². The summed E-state index contributed by atoms with van der Waals surface area (Å²) in [4.78, 5) is 9.63. The number of hydrogen-bond donors (Lipinski definition) is 0. The van der Waals surface area contributed by atoms with Crippen LogP contribution in [-0.4, -0.2) is 9.97 Å². The number of thiophene rings is 1. The zero-order valence-electron chi connectivity index (χ0n) is 11.2. The molecule has 2 aromatic heterocycles. The van der Waals surface area contributed by atoms with Crippen LogP contribution in [0.5, 0.6) is 5.75 Å². The van der Waals surface area contributed by atoms with E-state index in [0.717, 1.165) is 21.5 Å². The van der Waals surface area contributed by atoms with Gasteiger partial charge in [0.05, 0.1) is 0 Å². The van der Waals surface area contributed by atoms with Gasteiger partial charge in [0.15, 0.2) is 5.82 Å². The van der Waals surface area contributed by atoms with Crippen molar-refractivity contribution in [1.82, 2.24) is 9.97 Å². The summed E-state index contributed by atoms with van der Waals surface area (Å²) in [6.07, 6.45) is 0. The summed E-state index contributed by atoms with van der Waals surface area (Å²) in [5.41, 5.74) is 2.26. The van der Waals surface area contributed by atoms with Crippen LogP contribution in [0.1, 0.15) is 17.0 Å². The molecule has 3 rings (SSSR count). The van der Waals surface area contributed by atoms with Crippen LogP contribution >= 0.6 is 22.9 Å². The van der Waals surface area contributed by atoms with Crippen LogP contribution in [0.3, 0.4) is 0 Å². The lowest BCUT2D eigenvalue weighted by Gasteiger charge is -2.09. The summed E-state index contributed by atoms with van der Waals surface area (Å²) in [5.74, 6) is 1.46. The maximum atomic E-state index is 6.14. The van der Waals surface area contributed by atoms with Crippen molar-refractivity contribution in [3.05, 3.63) is 51.7 Å². The van der Waals surface area contributed by atoms with E-state index in [1.54, 1.807) is 11.3 Å². The molecule has 0 aliphatic carbocycles. The Kier molecular flexibility index (Phi) is 3.59. The van der Waals surface area contributed by atoms with Gasteiger partial charge in [-0.3, -0.25) is 0 Å². The summed E-state index contributed by atoms with van der Waals surface area (Å²) in [6, 6.07) is 8.05. The molecule has 0 amide bonds. The molecule has 0 spiro atoms. The van der Waals surface area contributed by atoms with Gasteiger partial charge in [-0.15, -0.1) is 11.3 Å². The van der Waals surface area contributed by atoms with E-state index >= 15 is 0 Å². The largest absolute Gasteiger partial charge is 0.485 e. The zero-order chi connectivity index (χ0) is 14.1. The van der Waals surface area contributed by atoms with Crippen LogP contribution in [0.15, 0.2) is 29.6 Å². The minimum absolute atomic E-state index is 0.317. The number of benzene rings is 1. The monoisotopic (exact) mass is 304 g/mol. The van der Waals surface area contributed by atoms with Gasteiger partial charge in [-0.05, 0) is 42.5 Å². The molecule has 20 heavy (non-hydrogen) atoms. The van der Waals surface area contributed by atoms with Crippen molar-refractivity contribution in [3.63, 3.8) is 0 Å². The lowest BCUT2D eigenvalue weighted by atomic mass is 10.1. The number of nitrogens with zero attached hydrogens (tertiary/aromatic N) is 2. The minimum atomic E-state index is 0.317. The Morgan fingerprint density at radius 1 is 1.20 bits per heavy atom. The molecule has 0 saturated carbocycles. The highest BCUT2D eigenvalue weighted by molar-refractivity contribution is 7.16. The summed E-state index contributed by atoms with van der Waals surface area (Å²) in [7, 11) is 0. The molecule has 0 atom stereocenters. The number of hydrogen-bond acceptors (Lipinski definition) is 4. The fraction of sp³-hybridized carbons (Fsp3) is 0.200. The van der Waals surface area contributed by atoms with Gasteiger partial charge in [0.1, 0.15) is 22.3 Å². The first kappa shape index (κ1) is 13.3. The molecular formula is C15H13ClN2OS. The number of aryl methyl sites for hydroxylation is 2. The highest BCUT2D eigenvalue weighted by Gasteiger charge is 2.08. The molecule has 5 heteroatoms. The number of fused-ring (bicyclic) bond motifs is 1. The lowest BCUT2D eigenvalue weighted by Crippen LogP contribution is -2.02. The van der Waals surface area contributed by atoms with Gasteiger partial charge < -0.3 is 4.74 Å². The summed E-state index contributed by atoms with van der Waals surface area (Å²) >= 11 is 7.69. The number of aromatic nitrogens is 2. The van der Waals surface area contributed by atoms with Gasteiger partial charge >= 0.3 is 0 Å². The van der Waals surface area contributed by atoms with Crippen LogP contribution in [0.2, 0.25) is 5.15 Å². The Morgan fingerprint density at radius 3 is 2.90 bits per heavy atom. The van der Waals surface area contributed by atoms with E-state index in [2.05, 4.69) is 16.0 Å². The second-order valence-electron chi connectivity index (χ2n) is 4.63. The Balaban J connectivity index is 1.84. The van der Waals surface area contributed by atoms with Crippen molar-refractivity contribution in [2.24, 2.45) is 0 Å². The van der Waals surface area contributed by atoms with Crippen LogP contribution in [0.4, 0.5) is 0 Å². The normalized spacial score (nSPS) is 10.9. The molecule has 0 saturated heterocycles. The van der Waals surface area contributed by atoms with E-state index in [1.165, 1.54) is 5.56 Å². The van der Waals surface area contributed by atoms with Crippen molar-refractivity contribution in [2.45, 2.75) is 20.5 Å². The Labute approximate surface area is 126 Å². The SMILES string of the molecule is Cc1ccc(C)c(OCc2nc(Cl)c3ccsc3n2)c1. The maximum absolute atomic E-state index is 6.14. The van der Waals surface area contributed by atoms with E-state index in [4.69, 9.17) is 16.3 Å². The molecule has 0 bridgehead atoms. The highest BCUT2D eigenvalue weighted by atomic mass is 35.5. The average molecular weight is 305 g/mol. The van der Waals surface area contributed by atoms with Crippen molar-refractivity contribution in [3.8, 4) is 5.75 Å². The molecule has 3 aromatic rings. The average Bonchev–Trinajstić information content (AvgIpc) is 2.89. The van der Waals surface area contributed by atoms with Crippen molar-refractivity contribution in [1.29, 1.82) is 0 Å². The van der Waals surface area contributed by atoms with Crippen LogP contribution in [-0.2, 0) is 6.61 Å². The first-order chi connectivity index (χ1) is 9.63. The van der Waals surface area contributed by atoms with Gasteiger partial charge in [-0.25, -0.2) is 9.97 Å². The third-order valence-electron chi connectivity index (χ3n) is 3.03. The summed E-state index contributed by atoms with van der Waals surface area (Å²) < 4.78 is 5.81. The molecule has 0 unspecified atom stereocenters. The molecule has 3 nitrogen and oxygen atoms in total. The molecule has 0 aliphatic heterocycles. The standard InChI is InChI=1S/C15H13ClN2OS/c1-9-3-4-10(2)12(7-9)19-8-13-17-14(16)11-5-6-20-15(11)18-13/h3-7H,8H2,1-2H3. The molecule has 0 fully saturated rings. The van der Waals surface area contributed by atoms with E-state index in [0.29, 0.717) is 17.6 Å². The van der Waals surface area contributed by atoms with Gasteiger partial charge in [-0.1, -0.05) is 23.7 Å². The van der Waals surface area contributed by atoms with E-state index < -0.39 is 0 Å². The Hall–Kier alpha value is -1.65. The van der Waals surface area contributed by atoms with Gasteiger partial charge in [0.2, 0.25) is 0 Å². The highest BCUT2D eigenvalue weighted by Crippen LogP contribution is 2.25. The molecule has 102 valence electrons. The predicted octanol–water partition coefficient (Wildman–Crippen LogP) is 4.54. The molecule has 0 aliphatic rings. The molecule has 2 heterocycles. The van der Waals surface area contributed by atoms with Crippen LogP contribution < -0.4 is 4.74 Å². The first-order valence-electron chi connectivity index (χ1n) is 6.23. The fourth-order valence-corrected chi connectivity index (χ4v) is 3.02. The maximum Gasteiger partial charge on any atom is 0.169 e. The zero-order valence-corrected chi connectivity index (χ0v) is 12.8. The first-order valence-corrected chi connectivity index (χ1v) is 7.49. The topological polar surface area (TPSA) is 35.0 Å². The molecule has 1 aromatic carbocycles. The molecular weight excluding hydrogens is 292 g/mol. The fourth-order valence-electron chi connectivity index (χ4n) is 1.93. The van der Waals surface area contributed by atoms with Gasteiger partial charge in [0, 0.05) is 5.39 Å². The minimum Gasteiger partial charge on any atom is -0.485 e. The predicted molar refractivity (Wildman–Crippen MR) is 82.7 cm³/mol. The van der Waals surface area contributed by atoms with E-state index in [1.807, 2.05) is 37.4 Å². The number of halogens is 1. The Morgan fingerprint density at radius 2 is 2.05 bits per heavy atom. The van der Waals surface area contributed by atoms with Crippen molar-refractivity contribution < 1.29 is 4.74 Å². The third-order valence-corrected chi connectivity index (χ3v) is 4.12. The van der Waals surface area contributed by atoms with Crippen molar-refractivity contribution in [2.75, 3.05) is 0 Å². The van der Waals surface area contributed by atoms with E-state index in [9.17, 15) is 0 Å². The molecule has 0 radical (unpaired) electrons. The smallest absolute Gasteiger partial charge is 0.169 e.